The van der Waals surface area contributed by atoms with Crippen LogP contribution in [0.5, 0.6) is 5.75 Å². The number of amides is 1. The molecule has 1 aromatic carbocycles. The molecule has 1 amide bonds. The van der Waals surface area contributed by atoms with E-state index >= 15 is 0 Å². The molecule has 1 aromatic heterocycles. The fraction of sp³-hybridized carbons (Fsp3) is 0.286. The van der Waals surface area contributed by atoms with Crippen LogP contribution in [0.25, 0.3) is 0 Å². The molecule has 0 aliphatic carbocycles. The fourth-order valence-electron chi connectivity index (χ4n) is 2.06. The molecule has 0 unspecified atom stereocenters. The lowest BCUT2D eigenvalue weighted by Gasteiger charge is -2.24. The van der Waals surface area contributed by atoms with Gasteiger partial charge in [0.1, 0.15) is 5.69 Å². The summed E-state index contributed by atoms with van der Waals surface area (Å²) in [6.45, 7) is 0. The van der Waals surface area contributed by atoms with Gasteiger partial charge in [-0.25, -0.2) is 0 Å². The molecular weight excluding hydrogens is 411 g/mol. The molecule has 148 valence electrons. The van der Waals surface area contributed by atoms with Gasteiger partial charge in [0.15, 0.2) is 16.6 Å². The highest BCUT2D eigenvalue weighted by Crippen LogP contribution is 2.44. The minimum Gasteiger partial charge on any atom is -0.426 e. The number of hydrogen-bond acceptors (Lipinski definition) is 3. The van der Waals surface area contributed by atoms with Crippen molar-refractivity contribution in [3.63, 3.8) is 0 Å². The molecule has 0 saturated heterocycles. The van der Waals surface area contributed by atoms with Crippen molar-refractivity contribution in [3.8, 4) is 5.75 Å². The first kappa shape index (κ1) is 20.8. The van der Waals surface area contributed by atoms with Crippen LogP contribution in [-0.4, -0.2) is 28.7 Å². The number of carbonyl (C=O) groups excluding carboxylic acids is 1. The van der Waals surface area contributed by atoms with Crippen LogP contribution in [0.4, 0.5) is 42.1 Å². The summed E-state index contributed by atoms with van der Waals surface area (Å²) in [4.78, 5) is 11.7. The summed E-state index contributed by atoms with van der Waals surface area (Å²) in [5.74, 6) is -0.969. The van der Waals surface area contributed by atoms with E-state index < -0.39 is 46.7 Å². The zero-order valence-corrected chi connectivity index (χ0v) is 13.9. The summed E-state index contributed by atoms with van der Waals surface area (Å²) in [5.41, 5.74) is -3.23. The Morgan fingerprint density at radius 3 is 2.33 bits per heavy atom. The standard InChI is InChI=1S/C14H9ClF7N3O2/c1-24-11(15)9(10(23-24)13(18,19)20)25(6-26)7-4-2-3-5-8(7)27-14(21,22)12(16)17/h2-6,12H,1H3. The largest absolute Gasteiger partial charge is 0.461 e. The molecule has 0 radical (unpaired) electrons. The maximum absolute atomic E-state index is 13.2. The summed E-state index contributed by atoms with van der Waals surface area (Å²) >= 11 is 5.77. The second-order valence-electron chi connectivity index (χ2n) is 5.02. The molecule has 13 heteroatoms. The number of aromatic nitrogens is 2. The van der Waals surface area contributed by atoms with E-state index in [9.17, 15) is 35.5 Å². The summed E-state index contributed by atoms with van der Waals surface area (Å²) < 4.78 is 95.4. The fourth-order valence-corrected chi connectivity index (χ4v) is 2.28. The quantitative estimate of drug-likeness (QED) is 0.507. The molecular formula is C14H9ClF7N3O2. The van der Waals surface area contributed by atoms with Crippen LogP contribution in [0.2, 0.25) is 5.15 Å². The number of aryl methyl sites for hydroxylation is 1. The Morgan fingerprint density at radius 2 is 1.81 bits per heavy atom. The minimum atomic E-state index is -5.05. The van der Waals surface area contributed by atoms with Crippen molar-refractivity contribution in [2.45, 2.75) is 18.7 Å². The Morgan fingerprint density at radius 1 is 1.22 bits per heavy atom. The van der Waals surface area contributed by atoms with Gasteiger partial charge in [-0.2, -0.15) is 35.8 Å². The predicted molar refractivity (Wildman–Crippen MR) is 79.4 cm³/mol. The minimum absolute atomic E-state index is 0.166. The SMILES string of the molecule is Cn1nc(C(F)(F)F)c(N(C=O)c2ccccc2OC(F)(F)C(F)F)c1Cl. The maximum Gasteiger partial charge on any atom is 0.461 e. The topological polar surface area (TPSA) is 47.4 Å². The van der Waals surface area contributed by atoms with E-state index in [1.54, 1.807) is 0 Å². The van der Waals surface area contributed by atoms with Crippen molar-refractivity contribution in [2.75, 3.05) is 4.90 Å². The highest BCUT2D eigenvalue weighted by molar-refractivity contribution is 6.33. The molecule has 0 bridgehead atoms. The molecule has 0 atom stereocenters. The van der Waals surface area contributed by atoms with Crippen molar-refractivity contribution in [2.24, 2.45) is 7.05 Å². The van der Waals surface area contributed by atoms with E-state index in [1.165, 1.54) is 0 Å². The van der Waals surface area contributed by atoms with Crippen LogP contribution in [0.15, 0.2) is 24.3 Å². The van der Waals surface area contributed by atoms with Crippen molar-refractivity contribution in [1.82, 2.24) is 9.78 Å². The van der Waals surface area contributed by atoms with Crippen molar-refractivity contribution >= 4 is 29.4 Å². The normalized spacial score (nSPS) is 12.4. The van der Waals surface area contributed by atoms with E-state index in [2.05, 4.69) is 9.84 Å². The lowest BCUT2D eigenvalue weighted by molar-refractivity contribution is -0.253. The van der Waals surface area contributed by atoms with E-state index in [0.29, 0.717) is 4.68 Å². The molecule has 27 heavy (non-hydrogen) atoms. The molecule has 2 aromatic rings. The molecule has 0 aliphatic heterocycles. The molecule has 2 rings (SSSR count). The number of alkyl halides is 7. The van der Waals surface area contributed by atoms with Crippen LogP contribution < -0.4 is 9.64 Å². The van der Waals surface area contributed by atoms with Crippen molar-refractivity contribution < 1.29 is 40.3 Å². The van der Waals surface area contributed by atoms with Gasteiger partial charge in [-0.1, -0.05) is 23.7 Å². The Kier molecular flexibility index (Phi) is 5.59. The average Bonchev–Trinajstić information content (AvgIpc) is 2.85. The van der Waals surface area contributed by atoms with Crippen LogP contribution in [-0.2, 0) is 18.0 Å². The first-order valence-corrected chi connectivity index (χ1v) is 7.26. The molecule has 0 fully saturated rings. The molecule has 1 heterocycles. The number of carbonyl (C=O) groups is 1. The average molecular weight is 420 g/mol. The Labute approximate surface area is 151 Å². The first-order chi connectivity index (χ1) is 12.4. The third-order valence-corrected chi connectivity index (χ3v) is 3.62. The summed E-state index contributed by atoms with van der Waals surface area (Å²) in [5, 5.41) is 2.51. The number of nitrogens with zero attached hydrogens (tertiary/aromatic N) is 3. The number of rotatable bonds is 6. The van der Waals surface area contributed by atoms with Crippen LogP contribution in [0, 0.1) is 0 Å². The monoisotopic (exact) mass is 419 g/mol. The molecule has 0 aliphatic rings. The van der Waals surface area contributed by atoms with E-state index in [-0.39, 0.29) is 11.3 Å². The highest BCUT2D eigenvalue weighted by Gasteiger charge is 2.45. The highest BCUT2D eigenvalue weighted by atomic mass is 35.5. The number of halogens is 8. The number of para-hydroxylation sites is 2. The number of benzene rings is 1. The maximum atomic E-state index is 13.2. The molecule has 5 nitrogen and oxygen atoms in total. The second-order valence-corrected chi connectivity index (χ2v) is 5.38. The van der Waals surface area contributed by atoms with Gasteiger partial charge in [0.25, 0.3) is 0 Å². The molecule has 0 saturated carbocycles. The third-order valence-electron chi connectivity index (χ3n) is 3.19. The third kappa shape index (κ3) is 4.10. The van der Waals surface area contributed by atoms with Gasteiger partial charge in [0.05, 0.1) is 5.69 Å². The van der Waals surface area contributed by atoms with Gasteiger partial charge in [0.2, 0.25) is 6.41 Å². The van der Waals surface area contributed by atoms with Gasteiger partial charge in [-0.15, -0.1) is 0 Å². The van der Waals surface area contributed by atoms with Gasteiger partial charge in [-0.3, -0.25) is 14.4 Å². The van der Waals surface area contributed by atoms with Crippen molar-refractivity contribution in [3.05, 3.63) is 35.1 Å². The van der Waals surface area contributed by atoms with Crippen LogP contribution in [0.1, 0.15) is 5.69 Å². The predicted octanol–water partition coefficient (Wildman–Crippen LogP) is 4.62. The zero-order chi connectivity index (χ0) is 20.6. The van der Waals surface area contributed by atoms with Gasteiger partial charge in [0, 0.05) is 7.05 Å². The lowest BCUT2D eigenvalue weighted by atomic mass is 10.2. The summed E-state index contributed by atoms with van der Waals surface area (Å²) in [6, 6.07) is 3.95. The van der Waals surface area contributed by atoms with Gasteiger partial charge in [-0.05, 0) is 12.1 Å². The Hall–Kier alpha value is -2.50. The van der Waals surface area contributed by atoms with E-state index in [4.69, 9.17) is 11.6 Å². The first-order valence-electron chi connectivity index (χ1n) is 6.88. The smallest absolute Gasteiger partial charge is 0.426 e. The van der Waals surface area contributed by atoms with Gasteiger partial charge < -0.3 is 4.74 Å². The second kappa shape index (κ2) is 7.25. The summed E-state index contributed by atoms with van der Waals surface area (Å²) in [6.07, 6.45) is -14.4. The summed E-state index contributed by atoms with van der Waals surface area (Å²) in [7, 11) is 1.05. The zero-order valence-electron chi connectivity index (χ0n) is 13.1. The lowest BCUT2D eigenvalue weighted by Crippen LogP contribution is -2.34. The van der Waals surface area contributed by atoms with Crippen LogP contribution >= 0.6 is 11.6 Å². The molecule has 0 N–H and O–H groups in total. The van der Waals surface area contributed by atoms with E-state index in [0.717, 1.165) is 31.3 Å². The van der Waals surface area contributed by atoms with E-state index in [1.807, 2.05) is 0 Å². The number of hydrogen-bond donors (Lipinski definition) is 0. The van der Waals surface area contributed by atoms with Crippen molar-refractivity contribution in [1.29, 1.82) is 0 Å². The van der Waals surface area contributed by atoms with Gasteiger partial charge >= 0.3 is 18.7 Å². The Bertz CT molecular complexity index is 839. The molecule has 0 spiro atoms. The number of ether oxygens (including phenoxy) is 1. The Balaban J connectivity index is 2.63. The van der Waals surface area contributed by atoms with Crippen LogP contribution in [0.3, 0.4) is 0 Å². The number of anilines is 2.